The van der Waals surface area contributed by atoms with Crippen molar-refractivity contribution in [2.75, 3.05) is 0 Å². The SMILES string of the molecule is C/C(=N/NC(=O)c1ccc(C)cc1)c1ccc(O)cc1. The van der Waals surface area contributed by atoms with Crippen LogP contribution >= 0.6 is 0 Å². The Bertz CT molecular complexity index is 629. The van der Waals surface area contributed by atoms with Gasteiger partial charge in [0.15, 0.2) is 0 Å². The molecule has 0 unspecified atom stereocenters. The zero-order chi connectivity index (χ0) is 14.5. The van der Waals surface area contributed by atoms with Gasteiger partial charge >= 0.3 is 0 Å². The molecule has 102 valence electrons. The first-order valence-corrected chi connectivity index (χ1v) is 6.27. The van der Waals surface area contributed by atoms with Crippen LogP contribution < -0.4 is 5.43 Å². The second kappa shape index (κ2) is 6.02. The highest BCUT2D eigenvalue weighted by Gasteiger charge is 2.04. The molecule has 0 aromatic heterocycles. The first kappa shape index (κ1) is 13.8. The molecule has 0 bridgehead atoms. The molecule has 0 atom stereocenters. The summed E-state index contributed by atoms with van der Waals surface area (Å²) < 4.78 is 0. The number of amides is 1. The van der Waals surface area contributed by atoms with Gasteiger partial charge in [0, 0.05) is 5.56 Å². The summed E-state index contributed by atoms with van der Waals surface area (Å²) in [4.78, 5) is 11.9. The van der Waals surface area contributed by atoms with Crippen molar-refractivity contribution in [3.8, 4) is 5.75 Å². The fourth-order valence-electron chi connectivity index (χ4n) is 1.67. The molecule has 0 aliphatic rings. The van der Waals surface area contributed by atoms with E-state index < -0.39 is 0 Å². The van der Waals surface area contributed by atoms with Crippen LogP contribution in [0.5, 0.6) is 5.75 Å². The van der Waals surface area contributed by atoms with E-state index in [2.05, 4.69) is 10.5 Å². The Morgan fingerprint density at radius 1 is 1.00 bits per heavy atom. The predicted molar refractivity (Wildman–Crippen MR) is 79.0 cm³/mol. The average molecular weight is 268 g/mol. The fraction of sp³-hybridized carbons (Fsp3) is 0.125. The van der Waals surface area contributed by atoms with Gasteiger partial charge in [-0.15, -0.1) is 0 Å². The van der Waals surface area contributed by atoms with E-state index in [4.69, 9.17) is 0 Å². The number of aromatic hydroxyl groups is 1. The third-order valence-electron chi connectivity index (χ3n) is 2.92. The summed E-state index contributed by atoms with van der Waals surface area (Å²) in [5.41, 5.74) is 5.70. The predicted octanol–water partition coefficient (Wildman–Crippen LogP) is 2.85. The van der Waals surface area contributed by atoms with Gasteiger partial charge in [-0.2, -0.15) is 5.10 Å². The van der Waals surface area contributed by atoms with Gasteiger partial charge in [0.1, 0.15) is 5.75 Å². The Morgan fingerprint density at radius 3 is 2.15 bits per heavy atom. The molecule has 1 amide bonds. The lowest BCUT2D eigenvalue weighted by Crippen LogP contribution is -2.19. The summed E-state index contributed by atoms with van der Waals surface area (Å²) in [6.45, 7) is 3.76. The normalized spacial score (nSPS) is 11.2. The average Bonchev–Trinajstić information content (AvgIpc) is 2.46. The molecule has 0 spiro atoms. The number of phenols is 1. The van der Waals surface area contributed by atoms with Gasteiger partial charge in [-0.25, -0.2) is 5.43 Å². The summed E-state index contributed by atoms with van der Waals surface area (Å²) in [5.74, 6) is -0.0478. The van der Waals surface area contributed by atoms with Crippen molar-refractivity contribution in [1.29, 1.82) is 0 Å². The molecule has 2 aromatic carbocycles. The number of carbonyl (C=O) groups excluding carboxylic acids is 1. The van der Waals surface area contributed by atoms with Gasteiger partial charge in [0.2, 0.25) is 0 Å². The molecule has 20 heavy (non-hydrogen) atoms. The minimum Gasteiger partial charge on any atom is -0.508 e. The van der Waals surface area contributed by atoms with Crippen LogP contribution in [0, 0.1) is 6.92 Å². The number of aryl methyl sites for hydroxylation is 1. The van der Waals surface area contributed by atoms with Crippen molar-refractivity contribution < 1.29 is 9.90 Å². The minimum absolute atomic E-state index is 0.199. The highest BCUT2D eigenvalue weighted by molar-refractivity contribution is 6.00. The van der Waals surface area contributed by atoms with Crippen LogP contribution in [0.1, 0.15) is 28.4 Å². The second-order valence-corrected chi connectivity index (χ2v) is 4.55. The zero-order valence-corrected chi connectivity index (χ0v) is 11.4. The van der Waals surface area contributed by atoms with E-state index in [0.29, 0.717) is 11.3 Å². The molecule has 0 radical (unpaired) electrons. The van der Waals surface area contributed by atoms with E-state index in [1.807, 2.05) is 19.1 Å². The van der Waals surface area contributed by atoms with Crippen LogP contribution in [0.25, 0.3) is 0 Å². The summed E-state index contributed by atoms with van der Waals surface area (Å²) in [6.07, 6.45) is 0. The van der Waals surface area contributed by atoms with E-state index in [-0.39, 0.29) is 11.7 Å². The standard InChI is InChI=1S/C16H16N2O2/c1-11-3-5-14(6-4-11)16(20)18-17-12(2)13-7-9-15(19)10-8-13/h3-10,19H,1-2H3,(H,18,20)/b17-12-. The van der Waals surface area contributed by atoms with Gasteiger partial charge < -0.3 is 5.11 Å². The molecule has 0 saturated carbocycles. The number of nitrogens with one attached hydrogen (secondary N) is 1. The topological polar surface area (TPSA) is 61.7 Å². The zero-order valence-electron chi connectivity index (χ0n) is 11.4. The van der Waals surface area contributed by atoms with Gasteiger partial charge in [0.25, 0.3) is 5.91 Å². The van der Waals surface area contributed by atoms with Crippen molar-refractivity contribution in [2.45, 2.75) is 13.8 Å². The third kappa shape index (κ3) is 3.45. The van der Waals surface area contributed by atoms with Crippen LogP contribution in [0.4, 0.5) is 0 Å². The van der Waals surface area contributed by atoms with Crippen LogP contribution in [-0.4, -0.2) is 16.7 Å². The molecule has 2 aromatic rings. The number of phenolic OH excluding ortho intramolecular Hbond substituents is 1. The Labute approximate surface area is 117 Å². The lowest BCUT2D eigenvalue weighted by atomic mass is 10.1. The highest BCUT2D eigenvalue weighted by atomic mass is 16.3. The maximum Gasteiger partial charge on any atom is 0.271 e. The monoisotopic (exact) mass is 268 g/mol. The smallest absolute Gasteiger partial charge is 0.271 e. The summed E-state index contributed by atoms with van der Waals surface area (Å²) in [5, 5.41) is 13.3. The van der Waals surface area contributed by atoms with Gasteiger partial charge in [-0.3, -0.25) is 4.79 Å². The Kier molecular flexibility index (Phi) is 4.15. The van der Waals surface area contributed by atoms with E-state index in [0.717, 1.165) is 11.1 Å². The van der Waals surface area contributed by atoms with Crippen LogP contribution in [0.3, 0.4) is 0 Å². The van der Waals surface area contributed by atoms with Crippen LogP contribution in [-0.2, 0) is 0 Å². The van der Waals surface area contributed by atoms with Gasteiger partial charge in [0.05, 0.1) is 5.71 Å². The van der Waals surface area contributed by atoms with E-state index in [9.17, 15) is 9.90 Å². The number of hydrazone groups is 1. The molecular formula is C16H16N2O2. The van der Waals surface area contributed by atoms with Crippen molar-refractivity contribution in [3.05, 3.63) is 65.2 Å². The molecule has 0 fully saturated rings. The number of carbonyl (C=O) groups is 1. The molecule has 2 rings (SSSR count). The lowest BCUT2D eigenvalue weighted by Gasteiger charge is -2.03. The largest absolute Gasteiger partial charge is 0.508 e. The second-order valence-electron chi connectivity index (χ2n) is 4.55. The molecule has 2 N–H and O–H groups in total. The van der Waals surface area contributed by atoms with E-state index >= 15 is 0 Å². The number of hydrogen-bond acceptors (Lipinski definition) is 3. The van der Waals surface area contributed by atoms with Gasteiger partial charge in [-0.1, -0.05) is 17.7 Å². The van der Waals surface area contributed by atoms with Gasteiger partial charge in [-0.05, 0) is 55.8 Å². The Morgan fingerprint density at radius 2 is 1.55 bits per heavy atom. The number of hydrogen-bond donors (Lipinski definition) is 2. The first-order chi connectivity index (χ1) is 9.56. The summed E-state index contributed by atoms with van der Waals surface area (Å²) in [6, 6.07) is 13.9. The Balaban J connectivity index is 2.06. The summed E-state index contributed by atoms with van der Waals surface area (Å²) >= 11 is 0. The molecule has 4 nitrogen and oxygen atoms in total. The lowest BCUT2D eigenvalue weighted by molar-refractivity contribution is 0.0955. The third-order valence-corrected chi connectivity index (χ3v) is 2.92. The maximum atomic E-state index is 11.9. The van der Waals surface area contributed by atoms with Crippen LogP contribution in [0.15, 0.2) is 53.6 Å². The fourth-order valence-corrected chi connectivity index (χ4v) is 1.67. The van der Waals surface area contributed by atoms with E-state index in [1.54, 1.807) is 43.3 Å². The molecule has 0 heterocycles. The van der Waals surface area contributed by atoms with Crippen molar-refractivity contribution in [1.82, 2.24) is 5.43 Å². The van der Waals surface area contributed by atoms with E-state index in [1.165, 1.54) is 0 Å². The number of benzene rings is 2. The first-order valence-electron chi connectivity index (χ1n) is 6.27. The quantitative estimate of drug-likeness (QED) is 0.664. The molecule has 0 saturated heterocycles. The number of nitrogens with zero attached hydrogens (tertiary/aromatic N) is 1. The van der Waals surface area contributed by atoms with Crippen molar-refractivity contribution in [3.63, 3.8) is 0 Å². The molecular weight excluding hydrogens is 252 g/mol. The minimum atomic E-state index is -0.247. The highest BCUT2D eigenvalue weighted by Crippen LogP contribution is 2.10. The molecule has 4 heteroatoms. The van der Waals surface area contributed by atoms with Crippen LogP contribution in [0.2, 0.25) is 0 Å². The molecule has 0 aliphatic carbocycles. The Hall–Kier alpha value is -2.62. The maximum absolute atomic E-state index is 11.9. The van der Waals surface area contributed by atoms with Crippen molar-refractivity contribution >= 4 is 11.6 Å². The summed E-state index contributed by atoms with van der Waals surface area (Å²) in [7, 11) is 0. The van der Waals surface area contributed by atoms with Crippen molar-refractivity contribution in [2.24, 2.45) is 5.10 Å². The number of rotatable bonds is 3. The molecule has 0 aliphatic heterocycles.